The summed E-state index contributed by atoms with van der Waals surface area (Å²) in [6, 6.07) is 15.0. The maximum Gasteiger partial charge on any atom is 0.408 e. The highest BCUT2D eigenvalue weighted by Crippen LogP contribution is 2.64. The molecular weight excluding hydrogens is 853 g/mol. The van der Waals surface area contributed by atoms with E-state index in [9.17, 15) is 34.5 Å². The van der Waals surface area contributed by atoms with Crippen LogP contribution in [0, 0.1) is 16.7 Å². The van der Waals surface area contributed by atoms with Crippen LogP contribution < -0.4 is 5.32 Å². The van der Waals surface area contributed by atoms with E-state index in [1.807, 2.05) is 0 Å². The Kier molecular flexibility index (Phi) is 14.0. The van der Waals surface area contributed by atoms with Crippen LogP contribution >= 0.6 is 0 Å². The zero-order chi connectivity index (χ0) is 48.0. The number of hydrogen-bond donors (Lipinski definition) is 4. The number of piperidine rings is 1. The van der Waals surface area contributed by atoms with Crippen molar-refractivity contribution in [3.8, 4) is 0 Å². The molecule has 2 saturated carbocycles. The number of likely N-dealkylation sites (tertiary alicyclic amines) is 1. The van der Waals surface area contributed by atoms with Crippen molar-refractivity contribution in [3.63, 3.8) is 0 Å². The minimum atomic E-state index is -2.29. The molecule has 2 saturated heterocycles. The summed E-state index contributed by atoms with van der Waals surface area (Å²) in [6.45, 7) is 14.8. The Balaban J connectivity index is 1.38. The number of carbonyl (C=O) groups excluding carboxylic acids is 5. The Hall–Kier alpha value is -4.71. The van der Waals surface area contributed by atoms with Crippen LogP contribution in [0.4, 0.5) is 4.79 Å². The zero-order valence-corrected chi connectivity index (χ0v) is 39.2. The van der Waals surface area contributed by atoms with Crippen molar-refractivity contribution >= 4 is 29.8 Å². The van der Waals surface area contributed by atoms with Crippen molar-refractivity contribution in [1.82, 2.24) is 10.2 Å². The average Bonchev–Trinajstić information content (AvgIpc) is 3.26. The number of aliphatic hydroxyl groups excluding tert-OH is 2. The SMILES string of the molecule is CC(=O)O[C@@]12CO[C@@H]1C[C@H](O)[C@@]1(C)C(=O)[C@H](OCCN3CCCCC3)C3=C(C)[C@@H](OC(=O)[C@H](O)[C@@H](NC(=O)OC(C)(C)C)c4ccccc4)C[C@@](O)([C@@H](OC(=O)c4ccccc4)[C@H]21)C3(C)C. The maximum atomic E-state index is 15.9. The highest BCUT2D eigenvalue weighted by molar-refractivity contribution is 5.94. The molecule has 0 unspecified atom stereocenters. The van der Waals surface area contributed by atoms with Crippen LogP contribution in [-0.4, -0.2) is 136 Å². The van der Waals surface area contributed by atoms with E-state index < -0.39 is 112 Å². The fourth-order valence-corrected chi connectivity index (χ4v) is 11.2. The molecule has 4 N–H and O–H groups in total. The lowest BCUT2D eigenvalue weighted by molar-refractivity contribution is -0.346. The van der Waals surface area contributed by atoms with Crippen LogP contribution in [0.15, 0.2) is 71.8 Å². The quantitative estimate of drug-likeness (QED) is 0.128. The Bertz CT molecular complexity index is 2170. The summed E-state index contributed by atoms with van der Waals surface area (Å²) >= 11 is 0. The molecule has 2 heterocycles. The van der Waals surface area contributed by atoms with Gasteiger partial charge in [0.2, 0.25) is 0 Å². The lowest BCUT2D eigenvalue weighted by Gasteiger charge is -2.67. The van der Waals surface area contributed by atoms with Crippen LogP contribution in [0.1, 0.15) is 109 Å². The minimum Gasteiger partial charge on any atom is -0.456 e. The molecule has 5 aliphatic rings. The van der Waals surface area contributed by atoms with Gasteiger partial charge in [-0.2, -0.15) is 0 Å². The normalized spacial score (nSPS) is 32.7. The van der Waals surface area contributed by atoms with Crippen LogP contribution in [0.5, 0.6) is 0 Å². The number of fused-ring (bicyclic) bond motifs is 5. The van der Waals surface area contributed by atoms with Gasteiger partial charge in [0.05, 0.1) is 42.3 Å². The van der Waals surface area contributed by atoms with Gasteiger partial charge in [0.25, 0.3) is 0 Å². The first-order valence-electron chi connectivity index (χ1n) is 23.0. The van der Waals surface area contributed by atoms with Crippen LogP contribution in [-0.2, 0) is 42.8 Å². The molecule has 1 amide bonds. The van der Waals surface area contributed by atoms with Gasteiger partial charge in [0.15, 0.2) is 17.5 Å². The molecule has 0 aromatic heterocycles. The Morgan fingerprint density at radius 1 is 0.955 bits per heavy atom. The minimum absolute atomic E-state index is 0.0735. The smallest absolute Gasteiger partial charge is 0.408 e. The summed E-state index contributed by atoms with van der Waals surface area (Å²) < 4.78 is 37.1. The maximum absolute atomic E-state index is 15.9. The van der Waals surface area contributed by atoms with Crippen molar-refractivity contribution in [3.05, 3.63) is 82.9 Å². The molecule has 2 aromatic rings. The summed E-state index contributed by atoms with van der Waals surface area (Å²) in [7, 11) is 0. The summed E-state index contributed by atoms with van der Waals surface area (Å²) in [5.41, 5.74) is -7.27. The number of alkyl carbamates (subject to hydrolysis) is 1. The fourth-order valence-electron chi connectivity index (χ4n) is 11.2. The predicted molar refractivity (Wildman–Crippen MR) is 238 cm³/mol. The summed E-state index contributed by atoms with van der Waals surface area (Å²) in [4.78, 5) is 73.3. The highest BCUT2D eigenvalue weighted by Gasteiger charge is 2.78. The zero-order valence-electron chi connectivity index (χ0n) is 39.2. The number of esters is 3. The number of aliphatic hydroxyl groups is 3. The third-order valence-corrected chi connectivity index (χ3v) is 14.7. The van der Waals surface area contributed by atoms with Gasteiger partial charge in [0.1, 0.15) is 35.6 Å². The third kappa shape index (κ3) is 9.04. The number of hydrogen-bond acceptors (Lipinski definition) is 15. The first-order chi connectivity index (χ1) is 31.0. The van der Waals surface area contributed by atoms with Crippen LogP contribution in [0.25, 0.3) is 0 Å². The van der Waals surface area contributed by atoms with Gasteiger partial charge in [-0.3, -0.25) is 9.59 Å². The molecule has 2 aliphatic heterocycles. The Labute approximate surface area is 386 Å². The third-order valence-electron chi connectivity index (χ3n) is 14.7. The molecule has 360 valence electrons. The number of Topliss-reactive ketones (excluding diaryl/α,β-unsaturated/α-hetero) is 1. The summed E-state index contributed by atoms with van der Waals surface area (Å²) in [5.74, 6) is -4.84. The second-order valence-corrected chi connectivity index (χ2v) is 20.3. The van der Waals surface area contributed by atoms with E-state index in [2.05, 4.69) is 10.2 Å². The van der Waals surface area contributed by atoms with Crippen molar-refractivity contribution in [1.29, 1.82) is 0 Å². The molecule has 0 radical (unpaired) electrons. The van der Waals surface area contributed by atoms with Crippen molar-refractivity contribution in [2.45, 2.75) is 147 Å². The van der Waals surface area contributed by atoms with E-state index in [1.54, 1.807) is 90.1 Å². The molecule has 16 heteroatoms. The monoisotopic (exact) mass is 918 g/mol. The number of rotatable bonds is 12. The average molecular weight is 919 g/mol. The number of ether oxygens (including phenoxy) is 6. The predicted octanol–water partition coefficient (Wildman–Crippen LogP) is 4.77. The summed E-state index contributed by atoms with van der Waals surface area (Å²) in [5, 5.41) is 40.7. The molecule has 11 atom stereocenters. The standard InChI is InChI=1S/C50H66N2O14/c1-29-33(63-44(58)38(55)37(31-18-12-9-13-19-31)51-45(59)66-46(3,4)5)27-50(60)42(64-43(57)32-20-14-10-15-21-32)40-48(8,34(54)26-35-49(40,28-62-35)65-30(2)53)41(56)39(36(29)47(50,6)7)61-25-24-52-22-16-11-17-23-52/h9-10,12-15,18-21,33-35,37-40,42,54-55,60H,11,16-17,22-28H2,1-8H3,(H,51,59)/t33-,34-,35+,37-,38+,39+,40-,42-,48+,49-,50+/m0/s1. The van der Waals surface area contributed by atoms with Gasteiger partial charge in [-0.25, -0.2) is 14.4 Å². The van der Waals surface area contributed by atoms with E-state index in [4.69, 9.17) is 28.4 Å². The highest BCUT2D eigenvalue weighted by atomic mass is 16.6. The van der Waals surface area contributed by atoms with Gasteiger partial charge in [-0.1, -0.05) is 68.8 Å². The van der Waals surface area contributed by atoms with Gasteiger partial charge in [-0.05, 0) is 89.4 Å². The number of amides is 1. The van der Waals surface area contributed by atoms with Crippen molar-refractivity contribution < 1.29 is 67.7 Å². The molecule has 2 bridgehead atoms. The molecule has 2 aromatic carbocycles. The lowest BCUT2D eigenvalue weighted by Crippen LogP contribution is -2.82. The molecule has 0 spiro atoms. The first-order valence-corrected chi connectivity index (χ1v) is 23.0. The number of benzene rings is 2. The molecule has 7 rings (SSSR count). The van der Waals surface area contributed by atoms with E-state index >= 15 is 4.79 Å². The number of nitrogens with zero attached hydrogens (tertiary/aromatic N) is 1. The molecule has 16 nitrogen and oxygen atoms in total. The van der Waals surface area contributed by atoms with E-state index in [0.717, 1.165) is 32.4 Å². The van der Waals surface area contributed by atoms with Gasteiger partial charge < -0.3 is 54.0 Å². The van der Waals surface area contributed by atoms with Gasteiger partial charge in [0, 0.05) is 31.7 Å². The van der Waals surface area contributed by atoms with Crippen LogP contribution in [0.2, 0.25) is 0 Å². The Morgan fingerprint density at radius 3 is 2.18 bits per heavy atom. The molecular formula is C50H66N2O14. The number of carbonyl (C=O) groups is 5. The van der Waals surface area contributed by atoms with Crippen molar-refractivity contribution in [2.24, 2.45) is 16.7 Å². The number of nitrogens with one attached hydrogen (secondary N) is 1. The van der Waals surface area contributed by atoms with E-state index in [-0.39, 0.29) is 30.8 Å². The largest absolute Gasteiger partial charge is 0.456 e. The van der Waals surface area contributed by atoms with Crippen LogP contribution in [0.3, 0.4) is 0 Å². The lowest BCUT2D eigenvalue weighted by atomic mass is 9.44. The molecule has 4 fully saturated rings. The second kappa shape index (κ2) is 18.8. The topological polar surface area (TPSA) is 217 Å². The van der Waals surface area contributed by atoms with Crippen molar-refractivity contribution in [2.75, 3.05) is 32.8 Å². The molecule has 3 aliphatic carbocycles. The first kappa shape index (κ1) is 49.2. The van der Waals surface area contributed by atoms with Gasteiger partial charge >= 0.3 is 24.0 Å². The Morgan fingerprint density at radius 2 is 1.59 bits per heavy atom. The fraction of sp³-hybridized carbons (Fsp3) is 0.620. The molecule has 66 heavy (non-hydrogen) atoms. The van der Waals surface area contributed by atoms with Gasteiger partial charge in [-0.15, -0.1) is 0 Å². The number of ketones is 1. The summed E-state index contributed by atoms with van der Waals surface area (Å²) in [6.07, 6.45) is -7.39. The second-order valence-electron chi connectivity index (χ2n) is 20.3. The van der Waals surface area contributed by atoms with E-state index in [0.29, 0.717) is 17.7 Å². The van der Waals surface area contributed by atoms with E-state index in [1.165, 1.54) is 26.0 Å².